The molecule has 8 nitrogen and oxygen atoms in total. The third-order valence-electron chi connectivity index (χ3n) is 6.05. The molecule has 0 aliphatic rings. The molecule has 0 saturated heterocycles. The largest absolute Gasteiger partial charge is 0.516 e. The number of aliphatic carboxylic acids is 1. The number of nitrogen functional groups attached to an aromatic ring is 1. The molecule has 0 fully saturated rings. The number of ether oxygens (including phenoxy) is 1. The molecule has 0 aromatic heterocycles. The van der Waals surface area contributed by atoms with E-state index in [-0.39, 0.29) is 24.6 Å². The minimum Gasteiger partial charge on any atom is -0.481 e. The summed E-state index contributed by atoms with van der Waals surface area (Å²) >= 11 is 0. The molecule has 3 aromatic carbocycles. The van der Waals surface area contributed by atoms with E-state index < -0.39 is 37.5 Å². The van der Waals surface area contributed by atoms with Crippen molar-refractivity contribution in [2.45, 2.75) is 37.3 Å². The third-order valence-corrected chi connectivity index (χ3v) is 7.91. The van der Waals surface area contributed by atoms with Crippen molar-refractivity contribution >= 4 is 25.8 Å². The molecule has 0 spiro atoms. The molecular formula is C28H30N2O6P+. The van der Waals surface area contributed by atoms with Gasteiger partial charge in [-0.1, -0.05) is 72.8 Å². The van der Waals surface area contributed by atoms with Crippen LogP contribution in [0.15, 0.2) is 84.9 Å². The van der Waals surface area contributed by atoms with Gasteiger partial charge in [0.25, 0.3) is 0 Å². The minimum atomic E-state index is -2.65. The lowest BCUT2D eigenvalue weighted by Gasteiger charge is -2.29. The summed E-state index contributed by atoms with van der Waals surface area (Å²) in [7, 11) is -2.65. The smallest absolute Gasteiger partial charge is 0.481 e. The highest BCUT2D eigenvalue weighted by Gasteiger charge is 2.62. The van der Waals surface area contributed by atoms with E-state index in [0.29, 0.717) is 17.5 Å². The van der Waals surface area contributed by atoms with Gasteiger partial charge in [-0.2, -0.15) is 0 Å². The molecule has 0 amide bonds. The number of esters is 1. The van der Waals surface area contributed by atoms with E-state index in [1.165, 1.54) is 0 Å². The molecule has 9 heteroatoms. The lowest BCUT2D eigenvalue weighted by atomic mass is 9.79. The van der Waals surface area contributed by atoms with E-state index in [0.717, 1.165) is 5.56 Å². The van der Waals surface area contributed by atoms with Crippen molar-refractivity contribution in [1.82, 2.24) is 0 Å². The van der Waals surface area contributed by atoms with Crippen LogP contribution in [0.3, 0.4) is 0 Å². The molecule has 3 atom stereocenters. The second-order valence-corrected chi connectivity index (χ2v) is 10.2. The molecule has 0 bridgehead atoms. The molecule has 192 valence electrons. The third kappa shape index (κ3) is 7.09. The van der Waals surface area contributed by atoms with Crippen LogP contribution in [0.5, 0.6) is 5.75 Å². The van der Waals surface area contributed by atoms with Crippen LogP contribution < -0.4 is 10.5 Å². The maximum Gasteiger partial charge on any atom is 0.516 e. The summed E-state index contributed by atoms with van der Waals surface area (Å²) in [6.07, 6.45) is -0.136. The number of rotatable bonds is 13. The van der Waals surface area contributed by atoms with Crippen LogP contribution in [0, 0.1) is 5.41 Å². The Morgan fingerprint density at radius 1 is 1.00 bits per heavy atom. The Morgan fingerprint density at radius 2 is 1.59 bits per heavy atom. The van der Waals surface area contributed by atoms with E-state index in [9.17, 15) is 19.3 Å². The first kappa shape index (κ1) is 27.7. The number of carboxylic acids is 1. The number of carboxylic acid groups (broad SMARTS) is 1. The summed E-state index contributed by atoms with van der Waals surface area (Å²) in [4.78, 5) is 26.0. The maximum atomic E-state index is 13.8. The van der Waals surface area contributed by atoms with Gasteiger partial charge < -0.3 is 15.6 Å². The van der Waals surface area contributed by atoms with Gasteiger partial charge in [0.1, 0.15) is 17.5 Å². The molecular weight excluding hydrogens is 491 g/mol. The number of nitrogens with two attached hydrogens (primary N) is 1. The van der Waals surface area contributed by atoms with Gasteiger partial charge in [0.2, 0.25) is 5.16 Å². The monoisotopic (exact) mass is 521 g/mol. The normalized spacial score (nSPS) is 13.7. The first-order valence-corrected chi connectivity index (χ1v) is 13.0. The average Bonchev–Trinajstić information content (AvgIpc) is 2.88. The van der Waals surface area contributed by atoms with Crippen LogP contribution in [-0.2, 0) is 25.1 Å². The molecule has 0 radical (unpaired) electrons. The second-order valence-electron chi connectivity index (χ2n) is 8.54. The summed E-state index contributed by atoms with van der Waals surface area (Å²) in [6.45, 7) is 1.74. The van der Waals surface area contributed by atoms with Crippen LogP contribution in [0.25, 0.3) is 0 Å². The maximum absolute atomic E-state index is 13.8. The van der Waals surface area contributed by atoms with E-state index in [4.69, 9.17) is 20.4 Å². The van der Waals surface area contributed by atoms with Gasteiger partial charge in [-0.3, -0.25) is 15.0 Å². The number of carbonyl (C=O) groups is 2. The van der Waals surface area contributed by atoms with Crippen molar-refractivity contribution in [2.75, 3.05) is 6.61 Å². The van der Waals surface area contributed by atoms with Gasteiger partial charge in [0.05, 0.1) is 13.0 Å². The number of nitrogens with one attached hydrogen (secondary N) is 1. The number of aryl methyl sites for hydroxylation is 1. The van der Waals surface area contributed by atoms with E-state index >= 15 is 0 Å². The zero-order valence-electron chi connectivity index (χ0n) is 20.5. The zero-order chi connectivity index (χ0) is 26.8. The van der Waals surface area contributed by atoms with Crippen molar-refractivity contribution < 1.29 is 28.5 Å². The molecule has 3 aromatic rings. The van der Waals surface area contributed by atoms with Gasteiger partial charge in [0.15, 0.2) is 0 Å². The first-order chi connectivity index (χ1) is 17.8. The fourth-order valence-electron chi connectivity index (χ4n) is 4.29. The molecule has 3 rings (SSSR count). The number of hydrogen-bond acceptors (Lipinski definition) is 6. The van der Waals surface area contributed by atoms with Crippen LogP contribution in [0.4, 0.5) is 0 Å². The fraction of sp³-hybridized carbons (Fsp3) is 0.250. The van der Waals surface area contributed by atoms with Crippen molar-refractivity contribution in [2.24, 2.45) is 5.73 Å². The van der Waals surface area contributed by atoms with Crippen molar-refractivity contribution in [3.63, 3.8) is 0 Å². The summed E-state index contributed by atoms with van der Waals surface area (Å²) in [5.41, 5.74) is 7.33. The Balaban J connectivity index is 2.17. The standard InChI is InChI=1S/C28H29N2O6P/c1-2-35-37(34)28(19-24(31)32,18-17-20-9-5-3-6-10-20)25(21-13-15-22(16-14-21)26(29)30)27(33)36-23-11-7-4-8-12-23/h3-16,25H,2,17-19H2,1H3,(H3-,29,30,31,32)/p+1. The predicted octanol–water partition coefficient (Wildman–Crippen LogP) is 5.29. The Labute approximate surface area is 216 Å². The molecule has 0 saturated carbocycles. The number of benzene rings is 3. The number of para-hydroxylation sites is 1. The van der Waals surface area contributed by atoms with Gasteiger partial charge in [-0.25, -0.2) is 0 Å². The molecule has 37 heavy (non-hydrogen) atoms. The van der Waals surface area contributed by atoms with Crippen molar-refractivity contribution in [1.29, 1.82) is 5.41 Å². The van der Waals surface area contributed by atoms with E-state index in [1.807, 2.05) is 30.3 Å². The Morgan fingerprint density at radius 3 is 2.14 bits per heavy atom. The Hall–Kier alpha value is -3.87. The topological polar surface area (TPSA) is 140 Å². The highest BCUT2D eigenvalue weighted by atomic mass is 31.1. The number of carbonyl (C=O) groups excluding carboxylic acids is 1. The average molecular weight is 522 g/mol. The van der Waals surface area contributed by atoms with Gasteiger partial charge in [-0.15, -0.1) is 4.52 Å². The summed E-state index contributed by atoms with van der Waals surface area (Å²) in [5.74, 6) is -3.09. The fourth-order valence-corrected chi connectivity index (χ4v) is 5.81. The molecule has 0 aliphatic heterocycles. The molecule has 3 unspecified atom stereocenters. The highest BCUT2D eigenvalue weighted by Crippen LogP contribution is 2.55. The molecule has 0 aliphatic carbocycles. The first-order valence-electron chi connectivity index (χ1n) is 11.8. The second kappa shape index (κ2) is 12.9. The number of amidine groups is 1. The summed E-state index contributed by atoms with van der Waals surface area (Å²) < 4.78 is 25.0. The zero-order valence-corrected chi connectivity index (χ0v) is 21.4. The van der Waals surface area contributed by atoms with Crippen molar-refractivity contribution in [3.05, 3.63) is 102 Å². The SMILES string of the molecule is CCO[P+](=O)C(CCc1ccccc1)(CC(=O)O)C(C(=O)Oc1ccccc1)c1ccc(C(=N)N)cc1. The highest BCUT2D eigenvalue weighted by molar-refractivity contribution is 7.41. The van der Waals surface area contributed by atoms with Gasteiger partial charge in [0, 0.05) is 12.0 Å². The van der Waals surface area contributed by atoms with Crippen LogP contribution >= 0.6 is 8.03 Å². The number of hydrogen-bond donors (Lipinski definition) is 3. The molecule has 4 N–H and O–H groups in total. The van der Waals surface area contributed by atoms with Gasteiger partial charge >= 0.3 is 20.0 Å². The minimum absolute atomic E-state index is 0.0750. The lowest BCUT2D eigenvalue weighted by Crippen LogP contribution is -2.42. The quantitative estimate of drug-likeness (QED) is 0.0913. The predicted molar refractivity (Wildman–Crippen MR) is 141 cm³/mol. The molecule has 0 heterocycles. The van der Waals surface area contributed by atoms with E-state index in [2.05, 4.69) is 0 Å². The Kier molecular flexibility index (Phi) is 9.66. The van der Waals surface area contributed by atoms with Crippen LogP contribution in [-0.4, -0.2) is 34.6 Å². The van der Waals surface area contributed by atoms with Crippen molar-refractivity contribution in [3.8, 4) is 5.75 Å². The van der Waals surface area contributed by atoms with Crippen LogP contribution in [0.1, 0.15) is 42.4 Å². The summed E-state index contributed by atoms with van der Waals surface area (Å²) in [5, 5.41) is 16.0. The Bertz CT molecular complexity index is 1230. The summed E-state index contributed by atoms with van der Waals surface area (Å²) in [6, 6.07) is 24.1. The van der Waals surface area contributed by atoms with Crippen LogP contribution in [0.2, 0.25) is 0 Å². The lowest BCUT2D eigenvalue weighted by molar-refractivity contribution is -0.140. The van der Waals surface area contributed by atoms with E-state index in [1.54, 1.807) is 61.5 Å². The van der Waals surface area contributed by atoms with Gasteiger partial charge in [-0.05, 0) is 41.2 Å².